The number of amides is 1. The number of anilines is 1. The van der Waals surface area contributed by atoms with Gasteiger partial charge in [0.15, 0.2) is 0 Å². The molecule has 0 saturated carbocycles. The van der Waals surface area contributed by atoms with E-state index in [2.05, 4.69) is 10.6 Å². The minimum atomic E-state index is -2.54. The number of piperidine rings is 1. The first-order valence-corrected chi connectivity index (χ1v) is 6.68. The molecule has 0 aliphatic carbocycles. The Morgan fingerprint density at radius 1 is 1.45 bits per heavy atom. The summed E-state index contributed by atoms with van der Waals surface area (Å²) in [5.41, 5.74) is 0.434. The number of carbonyl (C=O) groups excluding carboxylic acids is 1. The van der Waals surface area contributed by atoms with Crippen LogP contribution in [0.1, 0.15) is 12.8 Å². The smallest absolute Gasteiger partial charge is 0.272 e. The van der Waals surface area contributed by atoms with Crippen LogP contribution < -0.4 is 15.4 Å². The van der Waals surface area contributed by atoms with Gasteiger partial charge in [0.05, 0.1) is 11.6 Å². The number of carbonyl (C=O) groups is 1. The molecule has 20 heavy (non-hydrogen) atoms. The van der Waals surface area contributed by atoms with Gasteiger partial charge in [0.1, 0.15) is 12.4 Å². The summed E-state index contributed by atoms with van der Waals surface area (Å²) >= 11 is 0. The van der Waals surface area contributed by atoms with Gasteiger partial charge in [0.25, 0.3) is 6.43 Å². The van der Waals surface area contributed by atoms with Crippen molar-refractivity contribution in [1.82, 2.24) is 5.32 Å². The van der Waals surface area contributed by atoms with Crippen LogP contribution in [-0.4, -0.2) is 32.0 Å². The van der Waals surface area contributed by atoms with E-state index in [4.69, 9.17) is 4.74 Å². The second kappa shape index (κ2) is 7.19. The summed E-state index contributed by atoms with van der Waals surface area (Å²) in [6, 6.07) is 6.62. The Bertz CT molecular complexity index is 449. The van der Waals surface area contributed by atoms with Gasteiger partial charge in [-0.2, -0.15) is 0 Å². The maximum atomic E-state index is 12.2. The highest BCUT2D eigenvalue weighted by atomic mass is 19.3. The minimum absolute atomic E-state index is 0.0908. The Hall–Kier alpha value is -1.69. The molecular formula is C14H18F2N2O2. The third-order valence-corrected chi connectivity index (χ3v) is 3.18. The number of alkyl halides is 2. The highest BCUT2D eigenvalue weighted by Gasteiger charge is 2.21. The maximum absolute atomic E-state index is 12.2. The fraction of sp³-hybridized carbons (Fsp3) is 0.500. The van der Waals surface area contributed by atoms with Crippen molar-refractivity contribution in [3.63, 3.8) is 0 Å². The molecule has 2 rings (SSSR count). The van der Waals surface area contributed by atoms with E-state index in [1.54, 1.807) is 24.3 Å². The van der Waals surface area contributed by atoms with E-state index in [1.165, 1.54) is 0 Å². The molecule has 0 bridgehead atoms. The second-order valence-electron chi connectivity index (χ2n) is 4.73. The van der Waals surface area contributed by atoms with Crippen molar-refractivity contribution < 1.29 is 18.3 Å². The zero-order valence-electron chi connectivity index (χ0n) is 11.1. The topological polar surface area (TPSA) is 50.4 Å². The fourth-order valence-corrected chi connectivity index (χ4v) is 2.16. The van der Waals surface area contributed by atoms with Crippen LogP contribution in [-0.2, 0) is 4.79 Å². The molecule has 0 spiro atoms. The average Bonchev–Trinajstić information content (AvgIpc) is 2.47. The normalized spacial score (nSPS) is 18.9. The zero-order valence-corrected chi connectivity index (χ0v) is 11.1. The van der Waals surface area contributed by atoms with E-state index in [9.17, 15) is 13.6 Å². The summed E-state index contributed by atoms with van der Waals surface area (Å²) in [5.74, 6) is 0.0714. The maximum Gasteiger partial charge on any atom is 0.272 e. The molecule has 2 N–H and O–H groups in total. The van der Waals surface area contributed by atoms with E-state index in [1.807, 2.05) is 0 Å². The molecule has 1 aromatic carbocycles. The molecule has 1 aromatic rings. The lowest BCUT2D eigenvalue weighted by molar-refractivity contribution is -0.120. The third kappa shape index (κ3) is 4.16. The monoisotopic (exact) mass is 284 g/mol. The Balaban J connectivity index is 1.98. The van der Waals surface area contributed by atoms with Crippen molar-refractivity contribution in [3.8, 4) is 5.75 Å². The predicted octanol–water partition coefficient (Wildman–Crippen LogP) is 2.27. The Labute approximate surface area is 116 Å². The Morgan fingerprint density at radius 3 is 2.95 bits per heavy atom. The molecule has 1 saturated heterocycles. The molecule has 1 atom stereocenters. The van der Waals surface area contributed by atoms with Crippen molar-refractivity contribution in [2.45, 2.75) is 19.3 Å². The van der Waals surface area contributed by atoms with Crippen LogP contribution in [0, 0.1) is 5.92 Å². The molecule has 1 unspecified atom stereocenters. The van der Waals surface area contributed by atoms with E-state index >= 15 is 0 Å². The molecule has 1 amide bonds. The summed E-state index contributed by atoms with van der Waals surface area (Å²) in [5, 5.41) is 5.92. The van der Waals surface area contributed by atoms with Gasteiger partial charge in [-0.15, -0.1) is 0 Å². The molecule has 110 valence electrons. The highest BCUT2D eigenvalue weighted by molar-refractivity contribution is 5.94. The summed E-state index contributed by atoms with van der Waals surface area (Å²) in [6.45, 7) is 0.891. The molecular weight excluding hydrogens is 266 g/mol. The predicted molar refractivity (Wildman–Crippen MR) is 72.2 cm³/mol. The zero-order chi connectivity index (χ0) is 14.4. The van der Waals surface area contributed by atoms with Crippen molar-refractivity contribution in [2.75, 3.05) is 25.0 Å². The lowest BCUT2D eigenvalue weighted by Gasteiger charge is -2.22. The molecule has 6 heteroatoms. The van der Waals surface area contributed by atoms with Gasteiger partial charge in [-0.3, -0.25) is 4.79 Å². The van der Waals surface area contributed by atoms with Gasteiger partial charge in [0.2, 0.25) is 5.91 Å². The highest BCUT2D eigenvalue weighted by Crippen LogP contribution is 2.25. The van der Waals surface area contributed by atoms with Gasteiger partial charge in [-0.1, -0.05) is 12.1 Å². The van der Waals surface area contributed by atoms with Gasteiger partial charge >= 0.3 is 0 Å². The fourth-order valence-electron chi connectivity index (χ4n) is 2.16. The van der Waals surface area contributed by atoms with Gasteiger partial charge in [-0.05, 0) is 31.5 Å². The number of ether oxygens (including phenoxy) is 1. The minimum Gasteiger partial charge on any atom is -0.485 e. The van der Waals surface area contributed by atoms with Crippen LogP contribution in [0.5, 0.6) is 5.75 Å². The van der Waals surface area contributed by atoms with Crippen molar-refractivity contribution >= 4 is 11.6 Å². The lowest BCUT2D eigenvalue weighted by atomic mass is 9.99. The van der Waals surface area contributed by atoms with Crippen LogP contribution in [0.3, 0.4) is 0 Å². The van der Waals surface area contributed by atoms with Crippen molar-refractivity contribution in [1.29, 1.82) is 0 Å². The molecule has 1 aliphatic rings. The standard InChI is InChI=1S/C14H18F2N2O2/c15-13(16)9-20-12-6-2-1-5-11(12)18-14(19)10-4-3-7-17-8-10/h1-2,5-6,10,13,17H,3-4,7-9H2,(H,18,19). The van der Waals surface area contributed by atoms with Gasteiger partial charge in [0, 0.05) is 6.54 Å². The molecule has 1 fully saturated rings. The molecule has 0 aromatic heterocycles. The van der Waals surface area contributed by atoms with E-state index < -0.39 is 13.0 Å². The number of rotatable bonds is 5. The molecule has 4 nitrogen and oxygen atoms in total. The first-order valence-electron chi connectivity index (χ1n) is 6.68. The average molecular weight is 284 g/mol. The van der Waals surface area contributed by atoms with Crippen LogP contribution in [0.4, 0.5) is 14.5 Å². The van der Waals surface area contributed by atoms with Crippen molar-refractivity contribution in [3.05, 3.63) is 24.3 Å². The van der Waals surface area contributed by atoms with Gasteiger partial charge in [-0.25, -0.2) is 8.78 Å². The Morgan fingerprint density at radius 2 is 2.25 bits per heavy atom. The lowest BCUT2D eigenvalue weighted by Crippen LogP contribution is -2.37. The first kappa shape index (κ1) is 14.7. The van der Waals surface area contributed by atoms with Crippen LogP contribution in [0.15, 0.2) is 24.3 Å². The van der Waals surface area contributed by atoms with E-state index in [-0.39, 0.29) is 17.6 Å². The van der Waals surface area contributed by atoms with Gasteiger partial charge < -0.3 is 15.4 Å². The van der Waals surface area contributed by atoms with Crippen LogP contribution in [0.2, 0.25) is 0 Å². The number of benzene rings is 1. The Kier molecular flexibility index (Phi) is 5.29. The van der Waals surface area contributed by atoms with Crippen LogP contribution in [0.25, 0.3) is 0 Å². The quantitative estimate of drug-likeness (QED) is 0.872. The number of halogens is 2. The molecule has 0 radical (unpaired) electrons. The van der Waals surface area contributed by atoms with Crippen LogP contribution >= 0.6 is 0 Å². The number of hydrogen-bond donors (Lipinski definition) is 2. The summed E-state index contributed by atoms with van der Waals surface area (Å²) in [4.78, 5) is 12.1. The third-order valence-electron chi connectivity index (χ3n) is 3.18. The van der Waals surface area contributed by atoms with Crippen molar-refractivity contribution in [2.24, 2.45) is 5.92 Å². The summed E-state index contributed by atoms with van der Waals surface area (Å²) in [6.07, 6.45) is -0.748. The number of nitrogens with one attached hydrogen (secondary N) is 2. The number of hydrogen-bond acceptors (Lipinski definition) is 3. The summed E-state index contributed by atoms with van der Waals surface area (Å²) in [7, 11) is 0. The SMILES string of the molecule is O=C(Nc1ccccc1OCC(F)F)C1CCCNC1. The second-order valence-corrected chi connectivity index (χ2v) is 4.73. The van der Waals surface area contributed by atoms with E-state index in [0.29, 0.717) is 12.2 Å². The summed E-state index contributed by atoms with van der Waals surface area (Å²) < 4.78 is 29.4. The molecule has 1 aliphatic heterocycles. The largest absolute Gasteiger partial charge is 0.485 e. The molecule has 1 heterocycles. The number of para-hydroxylation sites is 2. The first-order chi connectivity index (χ1) is 9.66. The van der Waals surface area contributed by atoms with E-state index in [0.717, 1.165) is 19.4 Å².